The van der Waals surface area contributed by atoms with E-state index in [1.54, 1.807) is 0 Å². The Morgan fingerprint density at radius 2 is 1.04 bits per heavy atom. The highest BCUT2D eigenvalue weighted by molar-refractivity contribution is 6.62. The van der Waals surface area contributed by atoms with Gasteiger partial charge in [-0.3, -0.25) is 9.97 Å². The maximum absolute atomic E-state index is 6.64. The zero-order chi connectivity index (χ0) is 35.0. The first-order valence-corrected chi connectivity index (χ1v) is 17.8. The minimum absolute atomic E-state index is 0.465. The highest BCUT2D eigenvalue weighted by Crippen LogP contribution is 2.40. The van der Waals surface area contributed by atoms with Crippen LogP contribution in [0.15, 0.2) is 152 Å². The number of allylic oxidation sites excluding steroid dienone is 4. The Kier molecular flexibility index (Phi) is 8.63. The fourth-order valence-electron chi connectivity index (χ4n) is 6.94. The summed E-state index contributed by atoms with van der Waals surface area (Å²) in [6, 6.07) is 42.8. The van der Waals surface area contributed by atoms with Crippen LogP contribution in [0.2, 0.25) is 0 Å². The van der Waals surface area contributed by atoms with Crippen molar-refractivity contribution in [3.8, 4) is 55.8 Å². The zero-order valence-electron chi connectivity index (χ0n) is 29.6. The van der Waals surface area contributed by atoms with Crippen LogP contribution in [0.5, 0.6) is 0 Å². The van der Waals surface area contributed by atoms with Gasteiger partial charge in [0.25, 0.3) is 0 Å². The van der Waals surface area contributed by atoms with E-state index in [1.165, 1.54) is 5.57 Å². The fourth-order valence-corrected chi connectivity index (χ4v) is 6.94. The molecule has 1 aliphatic heterocycles. The van der Waals surface area contributed by atoms with E-state index >= 15 is 0 Å². The molecule has 2 aliphatic rings. The average Bonchev–Trinajstić information content (AvgIpc) is 3.41. The molecule has 0 amide bonds. The van der Waals surface area contributed by atoms with Crippen LogP contribution in [0.1, 0.15) is 46.2 Å². The van der Waals surface area contributed by atoms with Crippen molar-refractivity contribution in [2.24, 2.45) is 0 Å². The summed E-state index contributed by atoms with van der Waals surface area (Å²) in [6.45, 7) is 8.41. The zero-order valence-corrected chi connectivity index (χ0v) is 29.6. The molecule has 51 heavy (non-hydrogen) atoms. The summed E-state index contributed by atoms with van der Waals surface area (Å²) in [5.74, 6) is 0. The summed E-state index contributed by atoms with van der Waals surface area (Å²) in [5.41, 5.74) is 13.2. The predicted molar refractivity (Wildman–Crippen MR) is 211 cm³/mol. The Hall–Kier alpha value is -5.36. The maximum Gasteiger partial charge on any atom is 0.494 e. The number of pyridine rings is 2. The van der Waals surface area contributed by atoms with Crippen LogP contribution in [0.25, 0.3) is 61.3 Å². The SMILES string of the molecule is CC1(C)OB(c2cc(-c3ccccc3-c3ccc(C4=CC=CCC4)nc3)cc(-c3ccccc3-c3ccc(-c4ccccc4)nc3)c2)OC1(C)C. The van der Waals surface area contributed by atoms with Crippen LogP contribution in [0, 0.1) is 0 Å². The first-order chi connectivity index (χ1) is 24.8. The quantitative estimate of drug-likeness (QED) is 0.159. The van der Waals surface area contributed by atoms with Crippen LogP contribution in [-0.4, -0.2) is 28.3 Å². The summed E-state index contributed by atoms with van der Waals surface area (Å²) >= 11 is 0. The van der Waals surface area contributed by atoms with Gasteiger partial charge in [0, 0.05) is 29.1 Å². The van der Waals surface area contributed by atoms with Gasteiger partial charge in [0.2, 0.25) is 0 Å². The van der Waals surface area contributed by atoms with E-state index in [0.29, 0.717) is 0 Å². The molecule has 1 saturated heterocycles. The summed E-state index contributed by atoms with van der Waals surface area (Å²) in [7, 11) is -0.515. The molecule has 0 radical (unpaired) electrons. The molecule has 1 aliphatic carbocycles. The Balaban J connectivity index is 1.24. The van der Waals surface area contributed by atoms with Gasteiger partial charge in [-0.25, -0.2) is 0 Å². The van der Waals surface area contributed by atoms with Crippen molar-refractivity contribution in [1.82, 2.24) is 9.97 Å². The lowest BCUT2D eigenvalue weighted by atomic mass is 9.75. The molecule has 6 aromatic rings. The molecule has 0 atom stereocenters. The van der Waals surface area contributed by atoms with Crippen molar-refractivity contribution < 1.29 is 9.31 Å². The van der Waals surface area contributed by atoms with Crippen molar-refractivity contribution in [1.29, 1.82) is 0 Å². The van der Waals surface area contributed by atoms with Crippen LogP contribution in [0.3, 0.4) is 0 Å². The summed E-state index contributed by atoms with van der Waals surface area (Å²) < 4.78 is 13.3. The van der Waals surface area contributed by atoms with E-state index in [0.717, 1.165) is 79.8 Å². The molecule has 4 nitrogen and oxygen atoms in total. The average molecular weight is 665 g/mol. The molecule has 3 heterocycles. The Morgan fingerprint density at radius 3 is 1.53 bits per heavy atom. The highest BCUT2D eigenvalue weighted by atomic mass is 16.7. The van der Waals surface area contributed by atoms with Crippen LogP contribution in [-0.2, 0) is 9.31 Å². The number of nitrogens with zero attached hydrogens (tertiary/aromatic N) is 2. The van der Waals surface area contributed by atoms with E-state index in [2.05, 4.69) is 149 Å². The molecular formula is C46H41BN2O2. The van der Waals surface area contributed by atoms with Crippen molar-refractivity contribution in [2.45, 2.75) is 51.7 Å². The Morgan fingerprint density at radius 1 is 0.529 bits per heavy atom. The van der Waals surface area contributed by atoms with Gasteiger partial charge in [0.05, 0.1) is 22.6 Å². The monoisotopic (exact) mass is 664 g/mol. The van der Waals surface area contributed by atoms with Gasteiger partial charge in [0.1, 0.15) is 0 Å². The second-order valence-electron chi connectivity index (χ2n) is 14.4. The van der Waals surface area contributed by atoms with Crippen molar-refractivity contribution in [3.05, 3.63) is 158 Å². The number of aromatic nitrogens is 2. The minimum atomic E-state index is -0.515. The van der Waals surface area contributed by atoms with E-state index in [-0.39, 0.29) is 0 Å². The van der Waals surface area contributed by atoms with Crippen molar-refractivity contribution in [2.75, 3.05) is 0 Å². The first kappa shape index (κ1) is 32.8. The van der Waals surface area contributed by atoms with Gasteiger partial charge in [-0.05, 0) is 103 Å². The molecule has 4 aromatic carbocycles. The van der Waals surface area contributed by atoms with Crippen LogP contribution in [0.4, 0.5) is 0 Å². The van der Waals surface area contributed by atoms with Crippen LogP contribution >= 0.6 is 0 Å². The van der Waals surface area contributed by atoms with E-state index in [1.807, 2.05) is 30.6 Å². The van der Waals surface area contributed by atoms with Gasteiger partial charge >= 0.3 is 7.12 Å². The smallest absolute Gasteiger partial charge is 0.399 e. The van der Waals surface area contributed by atoms with Gasteiger partial charge in [-0.15, -0.1) is 0 Å². The third-order valence-electron chi connectivity index (χ3n) is 10.5. The largest absolute Gasteiger partial charge is 0.494 e. The number of benzene rings is 4. The third kappa shape index (κ3) is 6.51. The molecule has 0 saturated carbocycles. The van der Waals surface area contributed by atoms with Crippen molar-refractivity contribution >= 4 is 18.2 Å². The lowest BCUT2D eigenvalue weighted by Crippen LogP contribution is -2.41. The maximum atomic E-state index is 6.64. The van der Waals surface area contributed by atoms with Crippen LogP contribution < -0.4 is 5.46 Å². The van der Waals surface area contributed by atoms with E-state index < -0.39 is 18.3 Å². The molecule has 8 rings (SSSR count). The van der Waals surface area contributed by atoms with Gasteiger partial charge in [-0.2, -0.15) is 0 Å². The lowest BCUT2D eigenvalue weighted by molar-refractivity contribution is 0.00578. The molecule has 0 N–H and O–H groups in total. The standard InChI is InChI=1S/C46H41BN2O2/c1-45(2)46(3,4)51-47(50-45)38-28-36(41-21-13-11-19-39(41)34-23-25-43(48-30-34)32-15-7-5-8-16-32)27-37(29-38)42-22-14-12-20-40(42)35-24-26-44(49-31-35)33-17-9-6-10-18-33/h5-9,11-17,19-31H,10,18H2,1-4H3. The topological polar surface area (TPSA) is 44.2 Å². The van der Waals surface area contributed by atoms with Gasteiger partial charge in [-0.1, -0.05) is 121 Å². The molecule has 0 spiro atoms. The molecule has 0 unspecified atom stereocenters. The number of hydrogen-bond acceptors (Lipinski definition) is 4. The molecule has 0 bridgehead atoms. The molecule has 1 fully saturated rings. The Bertz CT molecular complexity index is 2240. The molecule has 250 valence electrons. The highest BCUT2D eigenvalue weighted by Gasteiger charge is 2.51. The van der Waals surface area contributed by atoms with E-state index in [9.17, 15) is 0 Å². The van der Waals surface area contributed by atoms with Gasteiger partial charge < -0.3 is 9.31 Å². The second kappa shape index (κ2) is 13.4. The van der Waals surface area contributed by atoms with Gasteiger partial charge in [0.15, 0.2) is 0 Å². The second-order valence-corrected chi connectivity index (χ2v) is 14.4. The van der Waals surface area contributed by atoms with E-state index in [4.69, 9.17) is 19.3 Å². The first-order valence-electron chi connectivity index (χ1n) is 17.8. The summed E-state index contributed by atoms with van der Waals surface area (Å²) in [6.07, 6.45) is 12.6. The minimum Gasteiger partial charge on any atom is -0.399 e. The summed E-state index contributed by atoms with van der Waals surface area (Å²) in [4.78, 5) is 9.78. The fraction of sp³-hybridized carbons (Fsp3) is 0.174. The Labute approximate surface area is 301 Å². The molecule has 5 heteroatoms. The number of hydrogen-bond donors (Lipinski definition) is 0. The predicted octanol–water partition coefficient (Wildman–Crippen LogP) is 10.8. The third-order valence-corrected chi connectivity index (χ3v) is 10.5. The summed E-state index contributed by atoms with van der Waals surface area (Å²) in [5, 5.41) is 0. The molecule has 2 aromatic heterocycles. The number of rotatable bonds is 7. The van der Waals surface area contributed by atoms with Crippen molar-refractivity contribution in [3.63, 3.8) is 0 Å². The normalized spacial score (nSPS) is 16.2. The lowest BCUT2D eigenvalue weighted by Gasteiger charge is -2.32. The molecular weight excluding hydrogens is 623 g/mol.